The average molecular weight is 316 g/mol. The van der Waals surface area contributed by atoms with E-state index in [4.69, 9.17) is 16.7 Å². The van der Waals surface area contributed by atoms with E-state index in [1.165, 1.54) is 18.2 Å². The molecule has 2 aromatic carbocycles. The van der Waals surface area contributed by atoms with Gasteiger partial charge in [0, 0.05) is 28.0 Å². The summed E-state index contributed by atoms with van der Waals surface area (Å²) in [5.41, 5.74) is 2.13. The van der Waals surface area contributed by atoms with Crippen LogP contribution in [0.5, 0.6) is 0 Å². The molecular formula is C17H14ClNO3. The number of halogens is 1. The van der Waals surface area contributed by atoms with E-state index in [0.29, 0.717) is 22.0 Å². The third-order valence-corrected chi connectivity index (χ3v) is 3.20. The van der Waals surface area contributed by atoms with E-state index in [1.54, 1.807) is 43.3 Å². The number of nitrogens with one attached hydrogen (secondary N) is 1. The molecule has 0 aromatic heterocycles. The number of aromatic carboxylic acids is 1. The van der Waals surface area contributed by atoms with Gasteiger partial charge in [-0.05, 0) is 55.5 Å². The van der Waals surface area contributed by atoms with E-state index in [1.807, 2.05) is 0 Å². The maximum Gasteiger partial charge on any atom is 0.335 e. The van der Waals surface area contributed by atoms with Crippen molar-refractivity contribution in [3.63, 3.8) is 0 Å². The van der Waals surface area contributed by atoms with Gasteiger partial charge in [0.2, 0.25) is 0 Å². The van der Waals surface area contributed by atoms with Crippen molar-refractivity contribution in [3.8, 4) is 0 Å². The fourth-order valence-corrected chi connectivity index (χ4v) is 1.98. The largest absolute Gasteiger partial charge is 0.478 e. The molecule has 0 heterocycles. The summed E-state index contributed by atoms with van der Waals surface area (Å²) in [6, 6.07) is 12.9. The molecule has 0 saturated heterocycles. The van der Waals surface area contributed by atoms with Crippen LogP contribution >= 0.6 is 11.6 Å². The van der Waals surface area contributed by atoms with Crippen LogP contribution in [-0.4, -0.2) is 16.9 Å². The van der Waals surface area contributed by atoms with Crippen LogP contribution in [0.1, 0.15) is 27.6 Å². The maximum atomic E-state index is 12.1. The molecule has 4 nitrogen and oxygen atoms in total. The van der Waals surface area contributed by atoms with Crippen molar-refractivity contribution in [2.24, 2.45) is 0 Å². The molecule has 2 aromatic rings. The molecule has 0 aliphatic carbocycles. The maximum absolute atomic E-state index is 12.1. The zero-order valence-electron chi connectivity index (χ0n) is 11.8. The Hall–Kier alpha value is -2.59. The van der Waals surface area contributed by atoms with Gasteiger partial charge in [0.15, 0.2) is 5.78 Å². The predicted octanol–water partition coefficient (Wildman–Crippen LogP) is 4.24. The van der Waals surface area contributed by atoms with Crippen LogP contribution in [-0.2, 0) is 0 Å². The number of carboxylic acid groups (broad SMARTS) is 1. The Morgan fingerprint density at radius 3 is 2.09 bits per heavy atom. The molecule has 0 aliphatic rings. The fourth-order valence-electron chi connectivity index (χ4n) is 1.85. The molecule has 2 N–H and O–H groups in total. The molecular weight excluding hydrogens is 302 g/mol. The van der Waals surface area contributed by atoms with Gasteiger partial charge < -0.3 is 10.4 Å². The Kier molecular flexibility index (Phi) is 4.96. The van der Waals surface area contributed by atoms with Crippen LogP contribution in [0.4, 0.5) is 5.69 Å². The predicted molar refractivity (Wildman–Crippen MR) is 86.6 cm³/mol. The summed E-state index contributed by atoms with van der Waals surface area (Å²) in [6.45, 7) is 1.76. The lowest BCUT2D eigenvalue weighted by atomic mass is 10.1. The van der Waals surface area contributed by atoms with E-state index in [0.717, 1.165) is 0 Å². The quantitative estimate of drug-likeness (QED) is 0.640. The smallest absolute Gasteiger partial charge is 0.335 e. The van der Waals surface area contributed by atoms with E-state index in [-0.39, 0.29) is 11.3 Å². The summed E-state index contributed by atoms with van der Waals surface area (Å²) < 4.78 is 0. The third kappa shape index (κ3) is 4.20. The van der Waals surface area contributed by atoms with E-state index in [2.05, 4.69) is 5.32 Å². The molecule has 22 heavy (non-hydrogen) atoms. The van der Waals surface area contributed by atoms with Gasteiger partial charge >= 0.3 is 5.97 Å². The Morgan fingerprint density at radius 1 is 1.00 bits per heavy atom. The monoisotopic (exact) mass is 315 g/mol. The number of allylic oxidation sites excluding steroid dienone is 2. The minimum atomic E-state index is -0.975. The topological polar surface area (TPSA) is 66.4 Å². The third-order valence-electron chi connectivity index (χ3n) is 2.95. The molecule has 0 radical (unpaired) electrons. The number of rotatable bonds is 5. The van der Waals surface area contributed by atoms with Crippen LogP contribution in [0.15, 0.2) is 60.3 Å². The fraction of sp³-hybridized carbons (Fsp3) is 0.0588. The van der Waals surface area contributed by atoms with Crippen LogP contribution in [0.3, 0.4) is 0 Å². The van der Waals surface area contributed by atoms with Gasteiger partial charge in [0.1, 0.15) is 0 Å². The summed E-state index contributed by atoms with van der Waals surface area (Å²) in [6.07, 6.45) is 1.48. The van der Waals surface area contributed by atoms with Gasteiger partial charge in [-0.1, -0.05) is 11.6 Å². The van der Waals surface area contributed by atoms with Crippen LogP contribution in [0.25, 0.3) is 0 Å². The number of anilines is 1. The van der Waals surface area contributed by atoms with Gasteiger partial charge in [-0.3, -0.25) is 4.79 Å². The van der Waals surface area contributed by atoms with Gasteiger partial charge in [-0.15, -0.1) is 0 Å². The number of carboxylic acids is 1. The lowest BCUT2D eigenvalue weighted by Gasteiger charge is -2.07. The zero-order chi connectivity index (χ0) is 16.1. The number of ketones is 1. The van der Waals surface area contributed by atoms with E-state index >= 15 is 0 Å². The SMILES string of the molecule is C/C(=C\C(=O)c1ccc(Cl)cc1)Nc1ccc(C(=O)O)cc1. The number of hydrogen-bond acceptors (Lipinski definition) is 3. The molecule has 0 unspecified atom stereocenters. The van der Waals surface area contributed by atoms with Crippen molar-refractivity contribution in [1.29, 1.82) is 0 Å². The Morgan fingerprint density at radius 2 is 1.55 bits per heavy atom. The highest BCUT2D eigenvalue weighted by Crippen LogP contribution is 2.14. The number of benzene rings is 2. The minimum Gasteiger partial charge on any atom is -0.478 e. The zero-order valence-corrected chi connectivity index (χ0v) is 12.6. The van der Waals surface area contributed by atoms with E-state index < -0.39 is 5.97 Å². The highest BCUT2D eigenvalue weighted by Gasteiger charge is 2.04. The highest BCUT2D eigenvalue weighted by atomic mass is 35.5. The first kappa shape index (κ1) is 15.8. The molecule has 0 fully saturated rings. The van der Waals surface area contributed by atoms with Gasteiger partial charge in [0.05, 0.1) is 5.56 Å². The number of carbonyl (C=O) groups excluding carboxylic acids is 1. The molecule has 2 rings (SSSR count). The second-order valence-electron chi connectivity index (χ2n) is 4.71. The second kappa shape index (κ2) is 6.91. The van der Waals surface area contributed by atoms with Crippen LogP contribution in [0, 0.1) is 0 Å². The van der Waals surface area contributed by atoms with Crippen molar-refractivity contribution in [2.45, 2.75) is 6.92 Å². The minimum absolute atomic E-state index is 0.135. The van der Waals surface area contributed by atoms with Crippen LogP contribution in [0.2, 0.25) is 5.02 Å². The Labute approximate surface area is 133 Å². The molecule has 0 atom stereocenters. The molecule has 0 saturated carbocycles. The highest BCUT2D eigenvalue weighted by molar-refractivity contribution is 6.30. The summed E-state index contributed by atoms with van der Waals surface area (Å²) in [4.78, 5) is 22.8. The first-order valence-corrected chi connectivity index (χ1v) is 6.92. The van der Waals surface area contributed by atoms with Crippen molar-refractivity contribution >= 4 is 29.0 Å². The first-order chi connectivity index (χ1) is 10.5. The normalized spacial score (nSPS) is 11.1. The summed E-state index contributed by atoms with van der Waals surface area (Å²) >= 11 is 5.78. The lowest BCUT2D eigenvalue weighted by molar-refractivity contribution is 0.0696. The van der Waals surface area contributed by atoms with Gasteiger partial charge in [-0.25, -0.2) is 4.79 Å². The van der Waals surface area contributed by atoms with Crippen molar-refractivity contribution in [1.82, 2.24) is 0 Å². The Bertz CT molecular complexity index is 719. The van der Waals surface area contributed by atoms with Crippen molar-refractivity contribution in [2.75, 3.05) is 5.32 Å². The van der Waals surface area contributed by atoms with Crippen molar-refractivity contribution < 1.29 is 14.7 Å². The molecule has 0 bridgehead atoms. The summed E-state index contributed by atoms with van der Waals surface area (Å²) in [5.74, 6) is -1.11. The summed E-state index contributed by atoms with van der Waals surface area (Å²) in [7, 11) is 0. The van der Waals surface area contributed by atoms with Crippen molar-refractivity contribution in [3.05, 3.63) is 76.5 Å². The molecule has 5 heteroatoms. The number of hydrogen-bond donors (Lipinski definition) is 2. The molecule has 0 aliphatic heterocycles. The van der Waals surface area contributed by atoms with E-state index in [9.17, 15) is 9.59 Å². The Balaban J connectivity index is 2.07. The molecule has 112 valence electrons. The molecule has 0 amide bonds. The standard InChI is InChI=1S/C17H14ClNO3/c1-11(10-16(20)12-2-6-14(18)7-3-12)19-15-8-4-13(5-9-15)17(21)22/h2-10,19H,1H3,(H,21,22)/b11-10+. The lowest BCUT2D eigenvalue weighted by Crippen LogP contribution is -2.02. The second-order valence-corrected chi connectivity index (χ2v) is 5.14. The average Bonchev–Trinajstić information content (AvgIpc) is 2.48. The molecule has 0 spiro atoms. The van der Waals surface area contributed by atoms with Gasteiger partial charge in [0.25, 0.3) is 0 Å². The van der Waals surface area contributed by atoms with Crippen LogP contribution < -0.4 is 5.32 Å². The summed E-state index contributed by atoms with van der Waals surface area (Å²) in [5, 5.41) is 12.5. The number of carbonyl (C=O) groups is 2. The van der Waals surface area contributed by atoms with Gasteiger partial charge in [-0.2, -0.15) is 0 Å². The first-order valence-electron chi connectivity index (χ1n) is 6.54.